The molecule has 0 fully saturated rings. The van der Waals surface area contributed by atoms with Crippen molar-refractivity contribution in [3.05, 3.63) is 68.6 Å². The van der Waals surface area contributed by atoms with Crippen molar-refractivity contribution in [2.45, 2.75) is 0 Å². The van der Waals surface area contributed by atoms with Gasteiger partial charge in [-0.15, -0.1) is 0 Å². The molecule has 0 N–H and O–H groups in total. The van der Waals surface area contributed by atoms with Crippen molar-refractivity contribution in [2.75, 3.05) is 0 Å². The number of hydrogen-bond donors (Lipinski definition) is 0. The number of halogens is 2. The van der Waals surface area contributed by atoms with Crippen LogP contribution in [0, 0.1) is 0 Å². The fourth-order valence-corrected chi connectivity index (χ4v) is 2.60. The molecule has 23 heavy (non-hydrogen) atoms. The van der Waals surface area contributed by atoms with E-state index in [9.17, 15) is 9.59 Å². The van der Waals surface area contributed by atoms with Crippen molar-refractivity contribution < 1.29 is 9.53 Å². The lowest BCUT2D eigenvalue weighted by molar-refractivity contribution is 0.0728. The second-order valence-corrected chi connectivity index (χ2v) is 5.63. The molecule has 0 radical (unpaired) electrons. The Morgan fingerprint density at radius 2 is 1.83 bits per heavy atom. The SMILES string of the molecule is Cn1nc(C(=O)Oc2ccc(Cl)cc2Cl)c2ccccc2c1=O. The summed E-state index contributed by atoms with van der Waals surface area (Å²) in [5, 5.41) is 5.45. The van der Waals surface area contributed by atoms with Gasteiger partial charge in [0, 0.05) is 17.5 Å². The molecule has 2 aromatic carbocycles. The van der Waals surface area contributed by atoms with Gasteiger partial charge in [-0.2, -0.15) is 5.10 Å². The van der Waals surface area contributed by atoms with Crippen LogP contribution in [-0.4, -0.2) is 15.7 Å². The van der Waals surface area contributed by atoms with Gasteiger partial charge in [-0.3, -0.25) is 4.79 Å². The van der Waals surface area contributed by atoms with E-state index in [0.717, 1.165) is 4.68 Å². The summed E-state index contributed by atoms with van der Waals surface area (Å²) in [6.07, 6.45) is 0. The maximum atomic E-state index is 12.4. The highest BCUT2D eigenvalue weighted by atomic mass is 35.5. The van der Waals surface area contributed by atoms with Gasteiger partial charge in [0.25, 0.3) is 5.56 Å². The smallest absolute Gasteiger partial charge is 0.364 e. The Morgan fingerprint density at radius 1 is 1.13 bits per heavy atom. The largest absolute Gasteiger partial charge is 0.420 e. The molecule has 116 valence electrons. The summed E-state index contributed by atoms with van der Waals surface area (Å²) in [5.41, 5.74) is -0.254. The third-order valence-electron chi connectivity index (χ3n) is 3.25. The van der Waals surface area contributed by atoms with E-state index >= 15 is 0 Å². The van der Waals surface area contributed by atoms with E-state index in [4.69, 9.17) is 27.9 Å². The molecule has 0 saturated heterocycles. The molecule has 0 atom stereocenters. The van der Waals surface area contributed by atoms with E-state index in [1.807, 2.05) is 0 Å². The van der Waals surface area contributed by atoms with Gasteiger partial charge in [0.15, 0.2) is 5.69 Å². The predicted octanol–water partition coefficient (Wildman–Crippen LogP) is 3.46. The van der Waals surface area contributed by atoms with E-state index in [-0.39, 0.29) is 22.0 Å². The first-order chi connectivity index (χ1) is 11.0. The minimum atomic E-state index is -0.707. The number of carbonyl (C=O) groups is 1. The first kappa shape index (κ1) is 15.5. The molecule has 0 bridgehead atoms. The number of benzene rings is 2. The van der Waals surface area contributed by atoms with Crippen LogP contribution in [0.25, 0.3) is 10.8 Å². The lowest BCUT2D eigenvalue weighted by Crippen LogP contribution is -2.24. The minimum Gasteiger partial charge on any atom is -0.420 e. The summed E-state index contributed by atoms with van der Waals surface area (Å²) < 4.78 is 6.38. The zero-order chi connectivity index (χ0) is 16.6. The topological polar surface area (TPSA) is 61.2 Å². The van der Waals surface area contributed by atoms with Gasteiger partial charge < -0.3 is 4.74 Å². The summed E-state index contributed by atoms with van der Waals surface area (Å²) >= 11 is 11.8. The Morgan fingerprint density at radius 3 is 2.52 bits per heavy atom. The summed E-state index contributed by atoms with van der Waals surface area (Å²) in [5.74, 6) is -0.540. The van der Waals surface area contributed by atoms with Crippen molar-refractivity contribution >= 4 is 39.9 Å². The van der Waals surface area contributed by atoms with Crippen molar-refractivity contribution in [3.63, 3.8) is 0 Å². The molecule has 1 aromatic heterocycles. The van der Waals surface area contributed by atoms with Crippen LogP contribution < -0.4 is 10.3 Å². The molecular weight excluding hydrogens is 339 g/mol. The van der Waals surface area contributed by atoms with E-state index < -0.39 is 5.97 Å². The highest BCUT2D eigenvalue weighted by molar-refractivity contribution is 6.35. The maximum absolute atomic E-state index is 12.4. The average molecular weight is 349 g/mol. The highest BCUT2D eigenvalue weighted by Crippen LogP contribution is 2.28. The molecule has 0 spiro atoms. The number of aryl methyl sites for hydroxylation is 1. The second-order valence-electron chi connectivity index (χ2n) is 4.79. The summed E-state index contributed by atoms with van der Waals surface area (Å²) in [7, 11) is 1.47. The van der Waals surface area contributed by atoms with Gasteiger partial charge in [-0.25, -0.2) is 9.48 Å². The van der Waals surface area contributed by atoms with Gasteiger partial charge in [0.05, 0.1) is 10.4 Å². The van der Waals surface area contributed by atoms with Gasteiger partial charge in [0.1, 0.15) is 5.75 Å². The van der Waals surface area contributed by atoms with Crippen LogP contribution in [0.5, 0.6) is 5.75 Å². The number of esters is 1. The number of rotatable bonds is 2. The molecule has 0 saturated carbocycles. The molecule has 3 rings (SSSR count). The number of nitrogens with zero attached hydrogens (tertiary/aromatic N) is 2. The third kappa shape index (κ3) is 2.93. The van der Waals surface area contributed by atoms with Crippen molar-refractivity contribution in [1.29, 1.82) is 0 Å². The van der Waals surface area contributed by atoms with Crippen molar-refractivity contribution in [3.8, 4) is 5.75 Å². The standard InChI is InChI=1S/C16H10Cl2N2O3/c1-20-15(21)11-5-3-2-4-10(11)14(19-20)16(22)23-13-7-6-9(17)8-12(13)18/h2-8H,1H3. The number of aromatic nitrogens is 2. The Bertz CT molecular complexity index is 983. The van der Waals surface area contributed by atoms with E-state index in [2.05, 4.69) is 5.10 Å². The Labute approximate surface area is 141 Å². The monoisotopic (exact) mass is 348 g/mol. The van der Waals surface area contributed by atoms with Crippen LogP contribution in [0.2, 0.25) is 10.0 Å². The number of hydrogen-bond acceptors (Lipinski definition) is 4. The first-order valence-electron chi connectivity index (χ1n) is 6.60. The predicted molar refractivity (Wildman–Crippen MR) is 88.4 cm³/mol. The first-order valence-corrected chi connectivity index (χ1v) is 7.36. The van der Waals surface area contributed by atoms with Crippen molar-refractivity contribution in [1.82, 2.24) is 9.78 Å². The van der Waals surface area contributed by atoms with Gasteiger partial charge in [0.2, 0.25) is 0 Å². The van der Waals surface area contributed by atoms with Crippen LogP contribution in [0.1, 0.15) is 10.5 Å². The van der Waals surface area contributed by atoms with Crippen LogP contribution in [0.4, 0.5) is 0 Å². The summed E-state index contributed by atoms with van der Waals surface area (Å²) in [6.45, 7) is 0. The quantitative estimate of drug-likeness (QED) is 0.525. The van der Waals surface area contributed by atoms with Gasteiger partial charge in [-0.05, 0) is 24.3 Å². The normalized spacial score (nSPS) is 10.7. The zero-order valence-corrected chi connectivity index (χ0v) is 13.4. The highest BCUT2D eigenvalue weighted by Gasteiger charge is 2.18. The Balaban J connectivity index is 2.08. The number of fused-ring (bicyclic) bond motifs is 1. The molecule has 0 aliphatic carbocycles. The van der Waals surface area contributed by atoms with Crippen LogP contribution in [-0.2, 0) is 7.05 Å². The Kier molecular flexibility index (Phi) is 4.07. The molecule has 1 heterocycles. The van der Waals surface area contributed by atoms with E-state index in [1.54, 1.807) is 30.3 Å². The average Bonchev–Trinajstić information content (AvgIpc) is 2.53. The number of ether oxygens (including phenoxy) is 1. The molecule has 3 aromatic rings. The fourth-order valence-electron chi connectivity index (χ4n) is 2.16. The van der Waals surface area contributed by atoms with Gasteiger partial charge >= 0.3 is 5.97 Å². The van der Waals surface area contributed by atoms with Crippen LogP contribution in [0.3, 0.4) is 0 Å². The lowest BCUT2D eigenvalue weighted by Gasteiger charge is -2.09. The fraction of sp³-hybridized carbons (Fsp3) is 0.0625. The zero-order valence-electron chi connectivity index (χ0n) is 11.9. The van der Waals surface area contributed by atoms with Crippen LogP contribution >= 0.6 is 23.2 Å². The maximum Gasteiger partial charge on any atom is 0.364 e. The molecule has 7 heteroatoms. The minimum absolute atomic E-state index is 0.0358. The molecule has 0 aliphatic rings. The molecule has 0 unspecified atom stereocenters. The molecular formula is C16H10Cl2N2O3. The Hall–Kier alpha value is -2.37. The summed E-state index contributed by atoms with van der Waals surface area (Å²) in [4.78, 5) is 24.5. The molecule has 0 aliphatic heterocycles. The third-order valence-corrected chi connectivity index (χ3v) is 3.78. The molecule has 0 amide bonds. The van der Waals surface area contributed by atoms with E-state index in [1.165, 1.54) is 19.2 Å². The number of carbonyl (C=O) groups excluding carboxylic acids is 1. The van der Waals surface area contributed by atoms with E-state index in [0.29, 0.717) is 15.8 Å². The van der Waals surface area contributed by atoms with Gasteiger partial charge in [-0.1, -0.05) is 41.4 Å². The second kappa shape index (κ2) is 6.02. The lowest BCUT2D eigenvalue weighted by atomic mass is 10.1. The van der Waals surface area contributed by atoms with Crippen LogP contribution in [0.15, 0.2) is 47.3 Å². The van der Waals surface area contributed by atoms with Crippen molar-refractivity contribution in [2.24, 2.45) is 7.05 Å². The summed E-state index contributed by atoms with van der Waals surface area (Å²) in [6, 6.07) is 11.2. The molecule has 5 nitrogen and oxygen atoms in total.